The number of amides is 2. The lowest BCUT2D eigenvalue weighted by molar-refractivity contribution is -0.119. The van der Waals surface area contributed by atoms with E-state index >= 15 is 0 Å². The molecule has 148 valence electrons. The van der Waals surface area contributed by atoms with Gasteiger partial charge in [0.2, 0.25) is 0 Å². The fourth-order valence-electron chi connectivity index (χ4n) is 2.96. The molecule has 29 heavy (non-hydrogen) atoms. The Balaban J connectivity index is 2.08. The van der Waals surface area contributed by atoms with Crippen LogP contribution < -0.4 is 14.4 Å². The number of benzene rings is 2. The second-order valence-electron chi connectivity index (χ2n) is 5.95. The number of aliphatic hydroxyl groups excluding tert-OH is 1. The van der Waals surface area contributed by atoms with Crippen molar-refractivity contribution in [2.75, 3.05) is 31.5 Å². The summed E-state index contributed by atoms with van der Waals surface area (Å²) in [6.45, 7) is -0.133. The minimum atomic E-state index is -0.479. The molecule has 1 aliphatic heterocycles. The maximum Gasteiger partial charge on any atom is 0.272 e. The van der Waals surface area contributed by atoms with Crippen molar-refractivity contribution >= 4 is 34.8 Å². The highest BCUT2D eigenvalue weighted by atomic mass is 32.2. The van der Waals surface area contributed by atoms with Crippen molar-refractivity contribution in [3.05, 3.63) is 58.5 Å². The Bertz CT molecular complexity index is 1020. The van der Waals surface area contributed by atoms with Crippen LogP contribution in [-0.4, -0.2) is 43.5 Å². The number of ether oxygens (including phenoxy) is 2. The second kappa shape index (κ2) is 8.82. The molecule has 2 aromatic carbocycles. The first-order valence-electron chi connectivity index (χ1n) is 8.65. The SMILES string of the molecule is COc1ccc(C2=C(SCCO)C(=O)N(c3ccc(C#N)cc3)C2=O)cc1OC. The standard InChI is InChI=1S/C21H18N2O5S/c1-27-16-8-5-14(11-17(16)28-2)18-19(29-10-9-24)21(26)23(20(18)25)15-6-3-13(12-22)4-7-15/h3-8,11,24H,9-10H2,1-2H3. The van der Waals surface area contributed by atoms with Crippen LogP contribution in [0.5, 0.6) is 11.5 Å². The number of carbonyl (C=O) groups excluding carboxylic acids is 2. The third kappa shape index (κ3) is 3.83. The molecule has 0 aromatic heterocycles. The molecule has 1 heterocycles. The lowest BCUT2D eigenvalue weighted by atomic mass is 10.1. The molecule has 0 fully saturated rings. The molecule has 1 N–H and O–H groups in total. The van der Waals surface area contributed by atoms with Gasteiger partial charge in [0.1, 0.15) is 0 Å². The summed E-state index contributed by atoms with van der Waals surface area (Å²) in [7, 11) is 3.00. The number of nitrogens with zero attached hydrogens (tertiary/aromatic N) is 2. The van der Waals surface area contributed by atoms with E-state index in [0.717, 1.165) is 16.7 Å². The largest absolute Gasteiger partial charge is 0.493 e. The van der Waals surface area contributed by atoms with Gasteiger partial charge in [0.15, 0.2) is 11.5 Å². The number of nitriles is 1. The molecule has 0 aliphatic carbocycles. The molecule has 0 radical (unpaired) electrons. The summed E-state index contributed by atoms with van der Waals surface area (Å²) in [5, 5.41) is 18.2. The summed E-state index contributed by atoms with van der Waals surface area (Å²) in [5.74, 6) is 0.255. The molecule has 0 unspecified atom stereocenters. The summed E-state index contributed by atoms with van der Waals surface area (Å²) in [6, 6.07) is 13.2. The molecule has 7 nitrogen and oxygen atoms in total. The van der Waals surface area contributed by atoms with Crippen molar-refractivity contribution in [3.63, 3.8) is 0 Å². The van der Waals surface area contributed by atoms with E-state index in [-0.39, 0.29) is 22.8 Å². The van der Waals surface area contributed by atoms with Crippen molar-refractivity contribution < 1.29 is 24.2 Å². The van der Waals surface area contributed by atoms with Crippen LogP contribution in [0.25, 0.3) is 5.57 Å². The van der Waals surface area contributed by atoms with E-state index in [1.807, 2.05) is 6.07 Å². The normalized spacial score (nSPS) is 13.7. The van der Waals surface area contributed by atoms with Gasteiger partial charge in [-0.15, -0.1) is 11.8 Å². The van der Waals surface area contributed by atoms with Gasteiger partial charge in [-0.3, -0.25) is 9.59 Å². The maximum atomic E-state index is 13.2. The second-order valence-corrected chi connectivity index (χ2v) is 7.06. The summed E-state index contributed by atoms with van der Waals surface area (Å²) < 4.78 is 10.6. The Kier molecular flexibility index (Phi) is 6.22. The van der Waals surface area contributed by atoms with Crippen molar-refractivity contribution in [2.24, 2.45) is 0 Å². The molecular weight excluding hydrogens is 392 g/mol. The molecule has 0 saturated carbocycles. The third-order valence-electron chi connectivity index (χ3n) is 4.31. The van der Waals surface area contributed by atoms with E-state index in [4.69, 9.17) is 14.7 Å². The van der Waals surface area contributed by atoms with Gasteiger partial charge in [0, 0.05) is 5.75 Å². The van der Waals surface area contributed by atoms with Crippen LogP contribution >= 0.6 is 11.8 Å². The van der Waals surface area contributed by atoms with Crippen LogP contribution in [0.15, 0.2) is 47.4 Å². The zero-order valence-corrected chi connectivity index (χ0v) is 16.7. The topological polar surface area (TPSA) is 99.9 Å². The maximum absolute atomic E-state index is 13.2. The predicted molar refractivity (Wildman–Crippen MR) is 110 cm³/mol. The van der Waals surface area contributed by atoms with Crippen molar-refractivity contribution in [3.8, 4) is 17.6 Å². The van der Waals surface area contributed by atoms with Crippen LogP contribution in [0, 0.1) is 11.3 Å². The van der Waals surface area contributed by atoms with Crippen LogP contribution in [0.4, 0.5) is 5.69 Å². The van der Waals surface area contributed by atoms with E-state index < -0.39 is 11.8 Å². The smallest absolute Gasteiger partial charge is 0.272 e. The first-order chi connectivity index (χ1) is 14.0. The van der Waals surface area contributed by atoms with E-state index in [1.54, 1.807) is 42.5 Å². The van der Waals surface area contributed by atoms with Crippen LogP contribution in [0.3, 0.4) is 0 Å². The van der Waals surface area contributed by atoms with E-state index in [2.05, 4.69) is 0 Å². The summed E-state index contributed by atoms with van der Waals surface area (Å²) in [5.41, 5.74) is 1.55. The zero-order valence-electron chi connectivity index (χ0n) is 15.8. The average Bonchev–Trinajstić information content (AvgIpc) is 3.01. The van der Waals surface area contributed by atoms with Gasteiger partial charge >= 0.3 is 0 Å². The number of imide groups is 1. The highest BCUT2D eigenvalue weighted by Gasteiger charge is 2.40. The Morgan fingerprint density at radius 1 is 1.03 bits per heavy atom. The molecule has 2 amide bonds. The number of hydrogen-bond acceptors (Lipinski definition) is 7. The van der Waals surface area contributed by atoms with Gasteiger partial charge in [0.05, 0.1) is 48.6 Å². The fraction of sp³-hybridized carbons (Fsp3) is 0.190. The highest BCUT2D eigenvalue weighted by Crippen LogP contribution is 2.40. The zero-order chi connectivity index (χ0) is 21.0. The van der Waals surface area contributed by atoms with Gasteiger partial charge in [-0.2, -0.15) is 5.26 Å². The molecule has 0 atom stereocenters. The Labute approximate surface area is 172 Å². The van der Waals surface area contributed by atoms with Gasteiger partial charge in [-0.1, -0.05) is 6.07 Å². The molecule has 3 rings (SSSR count). The van der Waals surface area contributed by atoms with Crippen LogP contribution in [0.1, 0.15) is 11.1 Å². The first-order valence-corrected chi connectivity index (χ1v) is 9.63. The molecule has 1 aliphatic rings. The Hall–Kier alpha value is -3.28. The number of methoxy groups -OCH3 is 2. The minimum Gasteiger partial charge on any atom is -0.493 e. The number of hydrogen-bond donors (Lipinski definition) is 1. The van der Waals surface area contributed by atoms with E-state index in [9.17, 15) is 14.7 Å². The van der Waals surface area contributed by atoms with E-state index in [1.165, 1.54) is 14.2 Å². The molecular formula is C21H18N2O5S. The summed E-state index contributed by atoms with van der Waals surface area (Å²) >= 11 is 1.12. The summed E-state index contributed by atoms with van der Waals surface area (Å²) in [4.78, 5) is 27.6. The van der Waals surface area contributed by atoms with Gasteiger partial charge in [-0.25, -0.2) is 4.90 Å². The van der Waals surface area contributed by atoms with Crippen LogP contribution in [0.2, 0.25) is 0 Å². The van der Waals surface area contributed by atoms with E-state index in [0.29, 0.717) is 28.3 Å². The number of anilines is 1. The fourth-order valence-corrected chi connectivity index (χ4v) is 3.82. The van der Waals surface area contributed by atoms with Crippen LogP contribution in [-0.2, 0) is 9.59 Å². The van der Waals surface area contributed by atoms with Crippen molar-refractivity contribution in [1.82, 2.24) is 0 Å². The summed E-state index contributed by atoms with van der Waals surface area (Å²) in [6.07, 6.45) is 0. The number of thioether (sulfide) groups is 1. The molecule has 8 heteroatoms. The number of aliphatic hydroxyl groups is 1. The first kappa shape index (κ1) is 20.5. The molecule has 2 aromatic rings. The predicted octanol–water partition coefficient (Wildman–Crippen LogP) is 2.59. The van der Waals surface area contributed by atoms with Gasteiger partial charge in [0.25, 0.3) is 11.8 Å². The highest BCUT2D eigenvalue weighted by molar-refractivity contribution is 8.04. The van der Waals surface area contributed by atoms with Crippen molar-refractivity contribution in [2.45, 2.75) is 0 Å². The average molecular weight is 410 g/mol. The Morgan fingerprint density at radius 3 is 2.31 bits per heavy atom. The quantitative estimate of drug-likeness (QED) is 0.700. The number of rotatable bonds is 7. The molecule has 0 bridgehead atoms. The minimum absolute atomic E-state index is 0.133. The number of carbonyl (C=O) groups is 2. The lowest BCUT2D eigenvalue weighted by Crippen LogP contribution is -2.31. The van der Waals surface area contributed by atoms with Gasteiger partial charge in [-0.05, 0) is 42.0 Å². The lowest BCUT2D eigenvalue weighted by Gasteiger charge is -2.15. The molecule has 0 saturated heterocycles. The molecule has 0 spiro atoms. The Morgan fingerprint density at radius 2 is 1.72 bits per heavy atom. The van der Waals surface area contributed by atoms with Crippen molar-refractivity contribution in [1.29, 1.82) is 5.26 Å². The monoisotopic (exact) mass is 410 g/mol. The van der Waals surface area contributed by atoms with Gasteiger partial charge < -0.3 is 14.6 Å². The third-order valence-corrected chi connectivity index (χ3v) is 5.36.